The predicted molar refractivity (Wildman–Crippen MR) is 93.8 cm³/mol. The lowest BCUT2D eigenvalue weighted by Crippen LogP contribution is -2.27. The number of rotatable bonds is 17. The van der Waals surface area contributed by atoms with Crippen molar-refractivity contribution in [3.63, 3.8) is 0 Å². The number of amides is 1. The van der Waals surface area contributed by atoms with E-state index in [1.807, 2.05) is 0 Å². The number of carbonyl (C=O) groups excluding carboxylic acids is 1. The number of hydrogen-bond donors (Lipinski definition) is 5. The van der Waals surface area contributed by atoms with Crippen LogP contribution in [-0.4, -0.2) is 51.7 Å². The molecule has 0 bridgehead atoms. The van der Waals surface area contributed by atoms with E-state index in [4.69, 9.17) is 11.5 Å². The second-order valence-corrected chi connectivity index (χ2v) is 5.65. The molecule has 0 rings (SSSR count). The molecular formula is C16H37N5O. The van der Waals surface area contributed by atoms with E-state index in [1.54, 1.807) is 0 Å². The average Bonchev–Trinajstić information content (AvgIpc) is 2.52. The topological polar surface area (TPSA) is 105 Å². The van der Waals surface area contributed by atoms with E-state index >= 15 is 0 Å². The second-order valence-electron chi connectivity index (χ2n) is 5.65. The zero-order valence-electron chi connectivity index (χ0n) is 14.2. The van der Waals surface area contributed by atoms with Gasteiger partial charge in [-0.1, -0.05) is 6.42 Å². The summed E-state index contributed by atoms with van der Waals surface area (Å²) in [6.45, 7) is 6.36. The molecule has 0 aliphatic heterocycles. The van der Waals surface area contributed by atoms with Gasteiger partial charge in [0, 0.05) is 13.0 Å². The smallest absolute Gasteiger partial charge is 0.219 e. The van der Waals surface area contributed by atoms with Gasteiger partial charge in [-0.25, -0.2) is 0 Å². The van der Waals surface area contributed by atoms with Gasteiger partial charge >= 0.3 is 0 Å². The summed E-state index contributed by atoms with van der Waals surface area (Å²) in [5.41, 5.74) is 10.8. The molecule has 0 aromatic rings. The molecule has 0 heterocycles. The molecule has 6 nitrogen and oxygen atoms in total. The van der Waals surface area contributed by atoms with Crippen LogP contribution in [0.1, 0.15) is 51.4 Å². The average molecular weight is 316 g/mol. The first-order valence-electron chi connectivity index (χ1n) is 8.89. The Labute approximate surface area is 136 Å². The second kappa shape index (κ2) is 18.4. The first-order chi connectivity index (χ1) is 10.8. The Kier molecular flexibility index (Phi) is 17.8. The number of carbonyl (C=O) groups is 1. The van der Waals surface area contributed by atoms with Crippen LogP contribution in [0.25, 0.3) is 0 Å². The van der Waals surface area contributed by atoms with Crippen molar-refractivity contribution in [2.24, 2.45) is 11.5 Å². The molecule has 0 spiro atoms. The fourth-order valence-electron chi connectivity index (χ4n) is 2.11. The third kappa shape index (κ3) is 17.4. The molecule has 0 radical (unpaired) electrons. The van der Waals surface area contributed by atoms with Crippen molar-refractivity contribution in [3.05, 3.63) is 0 Å². The van der Waals surface area contributed by atoms with E-state index in [0.29, 0.717) is 6.42 Å². The largest absolute Gasteiger partial charge is 0.356 e. The predicted octanol–water partition coefficient (Wildman–Crippen LogP) is 0.320. The van der Waals surface area contributed by atoms with Crippen LogP contribution >= 0.6 is 0 Å². The molecule has 0 fully saturated rings. The van der Waals surface area contributed by atoms with E-state index in [-0.39, 0.29) is 5.91 Å². The van der Waals surface area contributed by atoms with Crippen molar-refractivity contribution in [2.75, 3.05) is 45.8 Å². The molecule has 0 atom stereocenters. The minimum absolute atomic E-state index is 0.167. The molecule has 0 aliphatic carbocycles. The van der Waals surface area contributed by atoms with Crippen LogP contribution in [-0.2, 0) is 4.79 Å². The maximum Gasteiger partial charge on any atom is 0.219 e. The zero-order valence-corrected chi connectivity index (χ0v) is 14.2. The highest BCUT2D eigenvalue weighted by molar-refractivity contribution is 5.75. The lowest BCUT2D eigenvalue weighted by molar-refractivity contribution is -0.121. The summed E-state index contributed by atoms with van der Waals surface area (Å²) in [6, 6.07) is 0. The summed E-state index contributed by atoms with van der Waals surface area (Å²) in [5.74, 6) is 0.167. The van der Waals surface area contributed by atoms with Gasteiger partial charge in [0.15, 0.2) is 0 Å². The normalized spacial score (nSPS) is 10.8. The van der Waals surface area contributed by atoms with Gasteiger partial charge < -0.3 is 27.4 Å². The van der Waals surface area contributed by atoms with E-state index in [0.717, 1.165) is 77.9 Å². The first-order valence-corrected chi connectivity index (χ1v) is 8.89. The monoisotopic (exact) mass is 315 g/mol. The summed E-state index contributed by atoms with van der Waals surface area (Å²) in [6.07, 6.45) is 8.05. The van der Waals surface area contributed by atoms with Crippen molar-refractivity contribution in [1.29, 1.82) is 0 Å². The Balaban J connectivity index is 3.08. The maximum absolute atomic E-state index is 11.5. The number of nitrogens with one attached hydrogen (secondary N) is 3. The van der Waals surface area contributed by atoms with Crippen LogP contribution in [0.15, 0.2) is 0 Å². The standard InChI is InChI=1S/C16H37N5O/c17-9-3-1-2-8-16(22)21-15-7-14-20-12-5-4-11-19-13-6-10-18/h19-20H,1-15,17-18H2,(H,21,22). The summed E-state index contributed by atoms with van der Waals surface area (Å²) >= 11 is 0. The van der Waals surface area contributed by atoms with Gasteiger partial charge in [-0.05, 0) is 77.8 Å². The highest BCUT2D eigenvalue weighted by Crippen LogP contribution is 1.98. The summed E-state index contributed by atoms with van der Waals surface area (Å²) in [4.78, 5) is 11.5. The number of nitrogens with two attached hydrogens (primary N) is 2. The van der Waals surface area contributed by atoms with Crippen LogP contribution in [0.4, 0.5) is 0 Å². The van der Waals surface area contributed by atoms with Crippen LogP contribution in [0, 0.1) is 0 Å². The number of hydrogen-bond acceptors (Lipinski definition) is 5. The molecule has 1 amide bonds. The highest BCUT2D eigenvalue weighted by Gasteiger charge is 1.99. The van der Waals surface area contributed by atoms with Crippen molar-refractivity contribution in [1.82, 2.24) is 16.0 Å². The van der Waals surface area contributed by atoms with Gasteiger partial charge in [-0.15, -0.1) is 0 Å². The Hall–Kier alpha value is -0.690. The Bertz CT molecular complexity index is 239. The van der Waals surface area contributed by atoms with Gasteiger partial charge in [0.05, 0.1) is 0 Å². The van der Waals surface area contributed by atoms with Gasteiger partial charge in [0.2, 0.25) is 5.91 Å². The van der Waals surface area contributed by atoms with Gasteiger partial charge in [-0.3, -0.25) is 4.79 Å². The van der Waals surface area contributed by atoms with Crippen LogP contribution in [0.5, 0.6) is 0 Å². The molecule has 0 unspecified atom stereocenters. The maximum atomic E-state index is 11.5. The van der Waals surface area contributed by atoms with Crippen molar-refractivity contribution >= 4 is 5.91 Å². The molecule has 7 N–H and O–H groups in total. The van der Waals surface area contributed by atoms with Crippen molar-refractivity contribution < 1.29 is 4.79 Å². The minimum Gasteiger partial charge on any atom is -0.356 e. The molecule has 132 valence electrons. The van der Waals surface area contributed by atoms with Crippen LogP contribution in [0.3, 0.4) is 0 Å². The lowest BCUT2D eigenvalue weighted by Gasteiger charge is -2.07. The quantitative estimate of drug-likeness (QED) is 0.249. The Morgan fingerprint density at radius 1 is 0.636 bits per heavy atom. The molecule has 0 saturated carbocycles. The van der Waals surface area contributed by atoms with E-state index < -0.39 is 0 Å². The molecule has 22 heavy (non-hydrogen) atoms. The lowest BCUT2D eigenvalue weighted by atomic mass is 10.2. The van der Waals surface area contributed by atoms with E-state index in [9.17, 15) is 4.79 Å². The molecule has 0 aromatic heterocycles. The SMILES string of the molecule is NCCCCCC(=O)NCCCNCCCCNCCCN. The van der Waals surface area contributed by atoms with Gasteiger partial charge in [0.1, 0.15) is 0 Å². The fourth-order valence-corrected chi connectivity index (χ4v) is 2.11. The summed E-state index contributed by atoms with van der Waals surface area (Å²) in [5, 5.41) is 9.74. The summed E-state index contributed by atoms with van der Waals surface area (Å²) in [7, 11) is 0. The molecule has 6 heteroatoms. The Morgan fingerprint density at radius 2 is 1.23 bits per heavy atom. The van der Waals surface area contributed by atoms with Crippen molar-refractivity contribution in [2.45, 2.75) is 51.4 Å². The summed E-state index contributed by atoms with van der Waals surface area (Å²) < 4.78 is 0. The third-order valence-electron chi connectivity index (χ3n) is 3.48. The van der Waals surface area contributed by atoms with Gasteiger partial charge in [-0.2, -0.15) is 0 Å². The zero-order chi connectivity index (χ0) is 16.3. The number of unbranched alkanes of at least 4 members (excludes halogenated alkanes) is 3. The molecule has 0 aromatic carbocycles. The van der Waals surface area contributed by atoms with Crippen molar-refractivity contribution in [3.8, 4) is 0 Å². The first kappa shape index (κ1) is 21.3. The van der Waals surface area contributed by atoms with Crippen LogP contribution < -0.4 is 27.4 Å². The minimum atomic E-state index is 0.167. The van der Waals surface area contributed by atoms with E-state index in [2.05, 4.69) is 16.0 Å². The van der Waals surface area contributed by atoms with E-state index in [1.165, 1.54) is 12.8 Å². The Morgan fingerprint density at radius 3 is 1.86 bits per heavy atom. The highest BCUT2D eigenvalue weighted by atomic mass is 16.1. The van der Waals surface area contributed by atoms with Gasteiger partial charge in [0.25, 0.3) is 0 Å². The molecule has 0 saturated heterocycles. The fraction of sp³-hybridized carbons (Fsp3) is 0.938. The van der Waals surface area contributed by atoms with Crippen LogP contribution in [0.2, 0.25) is 0 Å². The molecular weight excluding hydrogens is 278 g/mol. The molecule has 0 aliphatic rings. The third-order valence-corrected chi connectivity index (χ3v) is 3.48.